The fourth-order valence-corrected chi connectivity index (χ4v) is 4.12. The standard InChI is InChI=1S/C23H27N3O2/c27-22(24-20-9-4-5-10-20)18-7-6-8-19(17-18)23(28)26-15-13-25(14-16-26)21-11-2-1-3-12-21/h1-3,6-8,11-12,17,20H,4-5,9-10,13-16H2,(H,24,27). The lowest BCUT2D eigenvalue weighted by Gasteiger charge is -2.36. The maximum Gasteiger partial charge on any atom is 0.253 e. The maximum atomic E-state index is 12.9. The van der Waals surface area contributed by atoms with E-state index in [0.29, 0.717) is 24.2 Å². The first-order valence-electron chi connectivity index (χ1n) is 10.2. The van der Waals surface area contributed by atoms with Crippen molar-refractivity contribution in [2.75, 3.05) is 31.1 Å². The maximum absolute atomic E-state index is 12.9. The topological polar surface area (TPSA) is 52.7 Å². The number of nitrogens with one attached hydrogen (secondary N) is 1. The molecule has 2 aromatic rings. The van der Waals surface area contributed by atoms with E-state index < -0.39 is 0 Å². The molecule has 0 spiro atoms. The second-order valence-electron chi connectivity index (χ2n) is 7.65. The lowest BCUT2D eigenvalue weighted by Crippen LogP contribution is -2.48. The molecule has 0 aromatic heterocycles. The van der Waals surface area contributed by atoms with E-state index in [1.807, 2.05) is 23.1 Å². The van der Waals surface area contributed by atoms with Crippen molar-refractivity contribution in [3.05, 3.63) is 65.7 Å². The molecule has 2 amide bonds. The average molecular weight is 377 g/mol. The number of carbonyl (C=O) groups excluding carboxylic acids is 2. The summed E-state index contributed by atoms with van der Waals surface area (Å²) in [6, 6.07) is 17.7. The summed E-state index contributed by atoms with van der Waals surface area (Å²) >= 11 is 0. The summed E-state index contributed by atoms with van der Waals surface area (Å²) in [6.07, 6.45) is 4.46. The molecule has 2 aromatic carbocycles. The van der Waals surface area contributed by atoms with E-state index in [1.54, 1.807) is 24.3 Å². The molecule has 0 unspecified atom stereocenters. The molecule has 1 saturated heterocycles. The van der Waals surface area contributed by atoms with Gasteiger partial charge in [0.1, 0.15) is 0 Å². The van der Waals surface area contributed by atoms with E-state index in [4.69, 9.17) is 0 Å². The highest BCUT2D eigenvalue weighted by Crippen LogP contribution is 2.19. The Morgan fingerprint density at radius 1 is 0.821 bits per heavy atom. The van der Waals surface area contributed by atoms with Crippen molar-refractivity contribution in [2.24, 2.45) is 0 Å². The summed E-state index contributed by atoms with van der Waals surface area (Å²) in [5.74, 6) is -0.0707. The highest BCUT2D eigenvalue weighted by Gasteiger charge is 2.23. The van der Waals surface area contributed by atoms with Crippen LogP contribution in [0.5, 0.6) is 0 Å². The van der Waals surface area contributed by atoms with Crippen LogP contribution in [0, 0.1) is 0 Å². The molecule has 2 fully saturated rings. The molecule has 1 saturated carbocycles. The minimum absolute atomic E-state index is 0.00299. The van der Waals surface area contributed by atoms with Crippen LogP contribution in [0.3, 0.4) is 0 Å². The highest BCUT2D eigenvalue weighted by molar-refractivity contribution is 5.99. The number of piperazine rings is 1. The molecule has 28 heavy (non-hydrogen) atoms. The molecule has 2 aliphatic rings. The third kappa shape index (κ3) is 4.19. The van der Waals surface area contributed by atoms with Gasteiger partial charge in [0, 0.05) is 49.0 Å². The molecular weight excluding hydrogens is 350 g/mol. The van der Waals surface area contributed by atoms with Gasteiger partial charge in [0.05, 0.1) is 0 Å². The van der Waals surface area contributed by atoms with Crippen molar-refractivity contribution < 1.29 is 9.59 Å². The molecule has 5 heteroatoms. The Kier molecular flexibility index (Phi) is 5.60. The van der Waals surface area contributed by atoms with Crippen LogP contribution < -0.4 is 10.2 Å². The van der Waals surface area contributed by atoms with Crippen molar-refractivity contribution in [3.63, 3.8) is 0 Å². The number of carbonyl (C=O) groups is 2. The van der Waals surface area contributed by atoms with Crippen LogP contribution >= 0.6 is 0 Å². The van der Waals surface area contributed by atoms with Gasteiger partial charge in [-0.25, -0.2) is 0 Å². The molecule has 1 heterocycles. The summed E-state index contributed by atoms with van der Waals surface area (Å²) in [7, 11) is 0. The zero-order valence-electron chi connectivity index (χ0n) is 16.1. The molecule has 1 N–H and O–H groups in total. The van der Waals surface area contributed by atoms with Gasteiger partial charge < -0.3 is 15.1 Å². The number of para-hydroxylation sites is 1. The van der Waals surface area contributed by atoms with E-state index in [0.717, 1.165) is 25.9 Å². The van der Waals surface area contributed by atoms with Crippen LogP contribution in [0.4, 0.5) is 5.69 Å². The van der Waals surface area contributed by atoms with Gasteiger partial charge in [0.25, 0.3) is 11.8 Å². The summed E-state index contributed by atoms with van der Waals surface area (Å²) in [5, 5.41) is 3.09. The summed E-state index contributed by atoms with van der Waals surface area (Å²) in [5.41, 5.74) is 2.35. The quantitative estimate of drug-likeness (QED) is 0.889. The van der Waals surface area contributed by atoms with Gasteiger partial charge >= 0.3 is 0 Å². The number of amides is 2. The molecule has 1 aliphatic heterocycles. The Morgan fingerprint density at radius 2 is 1.50 bits per heavy atom. The van der Waals surface area contributed by atoms with Gasteiger partial charge in [-0.15, -0.1) is 0 Å². The van der Waals surface area contributed by atoms with Gasteiger partial charge in [-0.05, 0) is 43.2 Å². The Hall–Kier alpha value is -2.82. The van der Waals surface area contributed by atoms with Crippen molar-refractivity contribution >= 4 is 17.5 Å². The normalized spacial score (nSPS) is 17.6. The largest absolute Gasteiger partial charge is 0.368 e. The smallest absolute Gasteiger partial charge is 0.253 e. The van der Waals surface area contributed by atoms with Gasteiger partial charge in [-0.1, -0.05) is 37.1 Å². The lowest BCUT2D eigenvalue weighted by molar-refractivity contribution is 0.0747. The number of anilines is 1. The second-order valence-corrected chi connectivity index (χ2v) is 7.65. The van der Waals surface area contributed by atoms with Gasteiger partial charge in [-0.3, -0.25) is 9.59 Å². The van der Waals surface area contributed by atoms with E-state index in [9.17, 15) is 9.59 Å². The van der Waals surface area contributed by atoms with Crippen molar-refractivity contribution in [1.82, 2.24) is 10.2 Å². The molecule has 5 nitrogen and oxygen atoms in total. The zero-order valence-corrected chi connectivity index (χ0v) is 16.1. The van der Waals surface area contributed by atoms with Crippen LogP contribution in [0.25, 0.3) is 0 Å². The van der Waals surface area contributed by atoms with Gasteiger partial charge in [0.15, 0.2) is 0 Å². The Morgan fingerprint density at radius 3 is 2.21 bits per heavy atom. The SMILES string of the molecule is O=C(NC1CCCC1)c1cccc(C(=O)N2CCN(c3ccccc3)CC2)c1. The van der Waals surface area contributed by atoms with E-state index in [2.05, 4.69) is 22.3 Å². The molecule has 146 valence electrons. The van der Waals surface area contributed by atoms with Crippen LogP contribution in [-0.2, 0) is 0 Å². The first-order valence-corrected chi connectivity index (χ1v) is 10.2. The number of benzene rings is 2. The number of hydrogen-bond donors (Lipinski definition) is 1. The minimum Gasteiger partial charge on any atom is -0.368 e. The average Bonchev–Trinajstić information content (AvgIpc) is 3.27. The fraction of sp³-hybridized carbons (Fsp3) is 0.391. The van der Waals surface area contributed by atoms with Crippen molar-refractivity contribution in [1.29, 1.82) is 0 Å². The molecule has 1 aliphatic carbocycles. The van der Waals surface area contributed by atoms with Crippen molar-refractivity contribution in [3.8, 4) is 0 Å². The summed E-state index contributed by atoms with van der Waals surface area (Å²) in [6.45, 7) is 3.01. The number of nitrogens with zero attached hydrogens (tertiary/aromatic N) is 2. The molecule has 0 radical (unpaired) electrons. The monoisotopic (exact) mass is 377 g/mol. The molecule has 0 bridgehead atoms. The Bertz CT molecular complexity index is 823. The van der Waals surface area contributed by atoms with E-state index >= 15 is 0 Å². The Labute approximate surface area is 166 Å². The third-order valence-electron chi connectivity index (χ3n) is 5.75. The number of hydrogen-bond acceptors (Lipinski definition) is 3. The van der Waals surface area contributed by atoms with E-state index in [1.165, 1.54) is 18.5 Å². The second kappa shape index (κ2) is 8.46. The minimum atomic E-state index is -0.0737. The van der Waals surface area contributed by atoms with Crippen molar-refractivity contribution in [2.45, 2.75) is 31.7 Å². The number of rotatable bonds is 4. The predicted molar refractivity (Wildman–Crippen MR) is 111 cm³/mol. The predicted octanol–water partition coefficient (Wildman–Crippen LogP) is 3.32. The summed E-state index contributed by atoms with van der Waals surface area (Å²) < 4.78 is 0. The molecular formula is C23H27N3O2. The summed E-state index contributed by atoms with van der Waals surface area (Å²) in [4.78, 5) is 29.6. The van der Waals surface area contributed by atoms with Crippen LogP contribution in [0.1, 0.15) is 46.4 Å². The third-order valence-corrected chi connectivity index (χ3v) is 5.75. The molecule has 0 atom stereocenters. The Balaban J connectivity index is 1.38. The van der Waals surface area contributed by atoms with Crippen LogP contribution in [0.2, 0.25) is 0 Å². The molecule has 4 rings (SSSR count). The lowest BCUT2D eigenvalue weighted by atomic mass is 10.1. The highest BCUT2D eigenvalue weighted by atomic mass is 16.2. The van der Waals surface area contributed by atoms with Crippen LogP contribution in [-0.4, -0.2) is 48.9 Å². The zero-order chi connectivity index (χ0) is 19.3. The first-order chi connectivity index (χ1) is 13.7. The van der Waals surface area contributed by atoms with E-state index in [-0.39, 0.29) is 17.9 Å². The van der Waals surface area contributed by atoms with Gasteiger partial charge in [0.2, 0.25) is 0 Å². The first kappa shape index (κ1) is 18.5. The van der Waals surface area contributed by atoms with Gasteiger partial charge in [-0.2, -0.15) is 0 Å². The van der Waals surface area contributed by atoms with Crippen LogP contribution in [0.15, 0.2) is 54.6 Å². The fourth-order valence-electron chi connectivity index (χ4n) is 4.12.